The van der Waals surface area contributed by atoms with Crippen molar-refractivity contribution < 1.29 is 14.6 Å². The van der Waals surface area contributed by atoms with Crippen LogP contribution >= 0.6 is 0 Å². The lowest BCUT2D eigenvalue weighted by atomic mass is 9.99. The molecule has 0 bridgehead atoms. The molecule has 0 amide bonds. The third-order valence-electron chi connectivity index (χ3n) is 4.28. The van der Waals surface area contributed by atoms with E-state index in [1.807, 2.05) is 45.9 Å². The number of hydrogen-bond donors (Lipinski definition) is 1. The molecule has 116 valence electrons. The topological polar surface area (TPSA) is 49.8 Å². The highest BCUT2D eigenvalue weighted by Gasteiger charge is 2.31. The van der Waals surface area contributed by atoms with Crippen LogP contribution < -0.4 is 0 Å². The van der Waals surface area contributed by atoms with Gasteiger partial charge in [0.25, 0.3) is 0 Å². The zero-order valence-corrected chi connectivity index (χ0v) is 13.3. The molecule has 2 rings (SSSR count). The summed E-state index contributed by atoms with van der Waals surface area (Å²) in [6.45, 7) is 9.28. The molecule has 3 unspecified atom stereocenters. The van der Waals surface area contributed by atoms with Crippen LogP contribution in [0.1, 0.15) is 35.3 Å². The van der Waals surface area contributed by atoms with Gasteiger partial charge in [0.2, 0.25) is 0 Å². The Morgan fingerprint density at radius 2 is 2.10 bits per heavy atom. The second kappa shape index (κ2) is 6.69. The van der Waals surface area contributed by atoms with Gasteiger partial charge in [-0.2, -0.15) is 0 Å². The number of aliphatic hydroxyl groups is 1. The summed E-state index contributed by atoms with van der Waals surface area (Å²) in [5.41, 5.74) is 3.08. The van der Waals surface area contributed by atoms with Gasteiger partial charge in [0.1, 0.15) is 0 Å². The van der Waals surface area contributed by atoms with Crippen molar-refractivity contribution in [3.8, 4) is 0 Å². The summed E-state index contributed by atoms with van der Waals surface area (Å²) < 4.78 is 5.63. The van der Waals surface area contributed by atoms with Crippen LogP contribution in [0.3, 0.4) is 0 Å². The Hall–Kier alpha value is -1.23. The number of benzene rings is 1. The Kier molecular flexibility index (Phi) is 5.14. The molecule has 21 heavy (non-hydrogen) atoms. The number of carbonyl (C=O) groups excluding carboxylic acids is 1. The van der Waals surface area contributed by atoms with E-state index >= 15 is 0 Å². The normalized spacial score (nSPS) is 24.8. The Morgan fingerprint density at radius 3 is 2.71 bits per heavy atom. The van der Waals surface area contributed by atoms with Gasteiger partial charge in [-0.15, -0.1) is 0 Å². The molecule has 0 saturated carbocycles. The summed E-state index contributed by atoms with van der Waals surface area (Å²) in [5.74, 6) is 0.129. The van der Waals surface area contributed by atoms with E-state index in [9.17, 15) is 9.90 Å². The van der Waals surface area contributed by atoms with E-state index in [4.69, 9.17) is 4.74 Å². The van der Waals surface area contributed by atoms with Gasteiger partial charge in [-0.3, -0.25) is 9.69 Å². The first-order valence-corrected chi connectivity index (χ1v) is 7.54. The first-order valence-electron chi connectivity index (χ1n) is 7.54. The summed E-state index contributed by atoms with van der Waals surface area (Å²) in [4.78, 5) is 14.8. The Bertz CT molecular complexity index is 515. The van der Waals surface area contributed by atoms with Crippen LogP contribution in [0.5, 0.6) is 0 Å². The van der Waals surface area contributed by atoms with E-state index in [2.05, 4.69) is 4.90 Å². The molecule has 0 radical (unpaired) electrons. The Labute approximate surface area is 126 Å². The fourth-order valence-corrected chi connectivity index (χ4v) is 2.80. The van der Waals surface area contributed by atoms with Crippen LogP contribution in [0.15, 0.2) is 18.2 Å². The second-order valence-electron chi connectivity index (χ2n) is 6.04. The van der Waals surface area contributed by atoms with Gasteiger partial charge in [-0.1, -0.05) is 12.1 Å². The highest BCUT2D eigenvalue weighted by Crippen LogP contribution is 2.18. The van der Waals surface area contributed by atoms with Crippen molar-refractivity contribution in [2.75, 3.05) is 19.7 Å². The highest BCUT2D eigenvalue weighted by molar-refractivity contribution is 6.00. The number of rotatable bonds is 4. The smallest absolute Gasteiger partial charge is 0.179 e. The van der Waals surface area contributed by atoms with Crippen LogP contribution in [0, 0.1) is 13.8 Å². The van der Waals surface area contributed by atoms with E-state index in [1.54, 1.807) is 0 Å². The van der Waals surface area contributed by atoms with E-state index < -0.39 is 0 Å². The molecule has 1 aliphatic rings. The molecule has 1 saturated heterocycles. The van der Waals surface area contributed by atoms with Gasteiger partial charge in [0, 0.05) is 18.7 Å². The molecule has 1 aromatic carbocycles. The number of ketones is 1. The molecule has 1 fully saturated rings. The highest BCUT2D eigenvalue weighted by atomic mass is 16.5. The fourth-order valence-electron chi connectivity index (χ4n) is 2.80. The number of carbonyl (C=O) groups is 1. The second-order valence-corrected chi connectivity index (χ2v) is 6.04. The maximum atomic E-state index is 12.7. The lowest BCUT2D eigenvalue weighted by Crippen LogP contribution is -2.53. The monoisotopic (exact) mass is 291 g/mol. The molecule has 1 heterocycles. The largest absolute Gasteiger partial charge is 0.394 e. The summed E-state index contributed by atoms with van der Waals surface area (Å²) in [7, 11) is 0. The SMILES string of the molecule is Cc1ccc(C(=O)C(C)N2CC(C)OC(CO)C2)cc1C. The van der Waals surface area contributed by atoms with E-state index in [-0.39, 0.29) is 30.6 Å². The molecule has 3 atom stereocenters. The number of hydrogen-bond acceptors (Lipinski definition) is 4. The molecule has 0 aromatic heterocycles. The number of aliphatic hydroxyl groups excluding tert-OH is 1. The number of ether oxygens (including phenoxy) is 1. The number of morpholine rings is 1. The zero-order valence-electron chi connectivity index (χ0n) is 13.3. The van der Waals surface area contributed by atoms with Crippen LogP contribution in [-0.2, 0) is 4.74 Å². The number of aryl methyl sites for hydroxylation is 2. The maximum absolute atomic E-state index is 12.7. The van der Waals surface area contributed by atoms with Crippen LogP contribution in [0.4, 0.5) is 0 Å². The van der Waals surface area contributed by atoms with Crippen molar-refractivity contribution in [2.45, 2.75) is 45.9 Å². The summed E-state index contributed by atoms with van der Waals surface area (Å²) in [5, 5.41) is 9.29. The Balaban J connectivity index is 2.12. The molecule has 4 heteroatoms. The van der Waals surface area contributed by atoms with Crippen LogP contribution in [0.25, 0.3) is 0 Å². The van der Waals surface area contributed by atoms with E-state index in [0.717, 1.165) is 11.1 Å². The molecule has 0 aliphatic carbocycles. The minimum Gasteiger partial charge on any atom is -0.394 e. The van der Waals surface area contributed by atoms with E-state index in [0.29, 0.717) is 13.1 Å². The molecule has 1 N–H and O–H groups in total. The van der Waals surface area contributed by atoms with Gasteiger partial charge >= 0.3 is 0 Å². The minimum atomic E-state index is -0.205. The van der Waals surface area contributed by atoms with Crippen molar-refractivity contribution in [3.05, 3.63) is 34.9 Å². The van der Waals surface area contributed by atoms with Gasteiger partial charge in [0.15, 0.2) is 5.78 Å². The third-order valence-corrected chi connectivity index (χ3v) is 4.28. The van der Waals surface area contributed by atoms with Crippen molar-refractivity contribution in [3.63, 3.8) is 0 Å². The molecule has 4 nitrogen and oxygen atoms in total. The minimum absolute atomic E-state index is 0.00854. The third kappa shape index (κ3) is 3.70. The van der Waals surface area contributed by atoms with Gasteiger partial charge in [0.05, 0.1) is 24.9 Å². The van der Waals surface area contributed by atoms with Crippen molar-refractivity contribution >= 4 is 5.78 Å². The van der Waals surface area contributed by atoms with Crippen molar-refractivity contribution in [2.24, 2.45) is 0 Å². The summed E-state index contributed by atoms with van der Waals surface area (Å²) in [6, 6.07) is 5.65. The average Bonchev–Trinajstić information content (AvgIpc) is 2.47. The van der Waals surface area contributed by atoms with Crippen LogP contribution in [-0.4, -0.2) is 53.7 Å². The van der Waals surface area contributed by atoms with Crippen molar-refractivity contribution in [1.29, 1.82) is 0 Å². The standard InChI is InChI=1S/C17H25NO3/c1-11-5-6-15(7-12(11)2)17(20)14(4)18-8-13(3)21-16(9-18)10-19/h5-7,13-14,16,19H,8-10H2,1-4H3. The molecular weight excluding hydrogens is 266 g/mol. The van der Waals surface area contributed by atoms with E-state index in [1.165, 1.54) is 5.56 Å². The van der Waals surface area contributed by atoms with Crippen molar-refractivity contribution in [1.82, 2.24) is 4.90 Å². The number of nitrogens with zero attached hydrogens (tertiary/aromatic N) is 1. The Morgan fingerprint density at radius 1 is 1.38 bits per heavy atom. The predicted molar refractivity (Wildman–Crippen MR) is 82.7 cm³/mol. The zero-order chi connectivity index (χ0) is 15.6. The number of Topliss-reactive ketones (excluding diaryl/α,β-unsaturated/α-hetero) is 1. The molecular formula is C17H25NO3. The lowest BCUT2D eigenvalue weighted by Gasteiger charge is -2.38. The predicted octanol–water partition coefficient (Wildman–Crippen LogP) is 1.96. The van der Waals surface area contributed by atoms with Gasteiger partial charge in [-0.25, -0.2) is 0 Å². The first kappa shape index (κ1) is 16.1. The van der Waals surface area contributed by atoms with Gasteiger partial charge < -0.3 is 9.84 Å². The summed E-state index contributed by atoms with van der Waals surface area (Å²) >= 11 is 0. The molecule has 1 aromatic rings. The van der Waals surface area contributed by atoms with Crippen LogP contribution in [0.2, 0.25) is 0 Å². The summed E-state index contributed by atoms with van der Waals surface area (Å²) in [6.07, 6.45) is -0.172. The lowest BCUT2D eigenvalue weighted by molar-refractivity contribution is -0.100. The molecule has 0 spiro atoms. The average molecular weight is 291 g/mol. The fraction of sp³-hybridized carbons (Fsp3) is 0.588. The van der Waals surface area contributed by atoms with Gasteiger partial charge in [-0.05, 0) is 44.9 Å². The quantitative estimate of drug-likeness (QED) is 0.862. The maximum Gasteiger partial charge on any atom is 0.179 e. The first-order chi connectivity index (χ1) is 9.92. The molecule has 1 aliphatic heterocycles.